The van der Waals surface area contributed by atoms with Crippen molar-refractivity contribution < 1.29 is 28.2 Å². The van der Waals surface area contributed by atoms with Gasteiger partial charge in [-0.2, -0.15) is 0 Å². The average molecular weight is 445 g/mol. The van der Waals surface area contributed by atoms with E-state index in [-0.39, 0.29) is 35.5 Å². The third kappa shape index (κ3) is 3.17. The van der Waals surface area contributed by atoms with E-state index >= 15 is 0 Å². The highest BCUT2D eigenvalue weighted by molar-refractivity contribution is 5.99. The number of hydrogen-bond acceptors (Lipinski definition) is 5. The summed E-state index contributed by atoms with van der Waals surface area (Å²) in [6.45, 7) is 1.65. The number of ether oxygens (including phenoxy) is 1. The third-order valence-electron chi connectivity index (χ3n) is 6.48. The zero-order chi connectivity index (χ0) is 22.7. The molecule has 1 aromatic heterocycles. The van der Waals surface area contributed by atoms with Gasteiger partial charge in [0.15, 0.2) is 17.7 Å². The van der Waals surface area contributed by atoms with E-state index in [0.717, 1.165) is 25.3 Å². The van der Waals surface area contributed by atoms with Crippen molar-refractivity contribution in [2.75, 3.05) is 0 Å². The Morgan fingerprint density at radius 2 is 2.06 bits per heavy atom. The van der Waals surface area contributed by atoms with E-state index in [9.17, 15) is 28.3 Å². The highest BCUT2D eigenvalue weighted by Gasteiger charge is 2.47. The second-order valence-corrected chi connectivity index (χ2v) is 8.47. The van der Waals surface area contributed by atoms with Crippen molar-refractivity contribution in [1.29, 1.82) is 0 Å². The number of hydrogen-bond donors (Lipinski definition) is 2. The maximum absolute atomic E-state index is 14.0. The van der Waals surface area contributed by atoms with Crippen LogP contribution in [-0.2, 0) is 11.3 Å². The van der Waals surface area contributed by atoms with E-state index in [0.29, 0.717) is 6.07 Å². The van der Waals surface area contributed by atoms with Gasteiger partial charge in [0.2, 0.25) is 5.43 Å². The summed E-state index contributed by atoms with van der Waals surface area (Å²) in [6, 6.07) is 2.10. The molecule has 8 nitrogen and oxygen atoms in total. The molecule has 10 heteroatoms. The van der Waals surface area contributed by atoms with Gasteiger partial charge in [0, 0.05) is 23.9 Å². The summed E-state index contributed by atoms with van der Waals surface area (Å²) in [5, 5.41) is 13.0. The van der Waals surface area contributed by atoms with Crippen LogP contribution in [0.1, 0.15) is 58.6 Å². The molecule has 1 aliphatic carbocycles. The van der Waals surface area contributed by atoms with E-state index < -0.39 is 46.9 Å². The number of fused-ring (bicyclic) bond motifs is 5. The van der Waals surface area contributed by atoms with Crippen molar-refractivity contribution in [1.82, 2.24) is 14.8 Å². The first kappa shape index (κ1) is 20.6. The van der Waals surface area contributed by atoms with Gasteiger partial charge in [0.1, 0.15) is 17.2 Å². The molecule has 2 amide bonds. The zero-order valence-electron chi connectivity index (χ0n) is 17.2. The van der Waals surface area contributed by atoms with Crippen LogP contribution < -0.4 is 10.7 Å². The van der Waals surface area contributed by atoms with Crippen LogP contribution in [0.5, 0.6) is 5.75 Å². The van der Waals surface area contributed by atoms with Crippen LogP contribution in [0.3, 0.4) is 0 Å². The number of rotatable bonds is 3. The molecule has 168 valence electrons. The number of aromatic nitrogens is 1. The highest BCUT2D eigenvalue weighted by Crippen LogP contribution is 2.38. The minimum absolute atomic E-state index is 0.00364. The van der Waals surface area contributed by atoms with Gasteiger partial charge < -0.3 is 24.6 Å². The molecule has 3 heterocycles. The number of benzene rings is 1. The minimum Gasteiger partial charge on any atom is -0.503 e. The molecule has 0 spiro atoms. The predicted molar refractivity (Wildman–Crippen MR) is 107 cm³/mol. The Kier molecular flexibility index (Phi) is 4.77. The lowest BCUT2D eigenvalue weighted by Crippen LogP contribution is -2.57. The van der Waals surface area contributed by atoms with Crippen LogP contribution >= 0.6 is 0 Å². The van der Waals surface area contributed by atoms with E-state index in [1.54, 1.807) is 4.90 Å². The zero-order valence-corrected chi connectivity index (χ0v) is 17.2. The molecule has 2 N–H and O–H groups in total. The van der Waals surface area contributed by atoms with Gasteiger partial charge in [-0.05, 0) is 32.3 Å². The lowest BCUT2D eigenvalue weighted by Gasteiger charge is -2.44. The van der Waals surface area contributed by atoms with Crippen molar-refractivity contribution in [2.45, 2.75) is 57.1 Å². The van der Waals surface area contributed by atoms with Gasteiger partial charge in [-0.15, -0.1) is 0 Å². The standard InChI is InChI=1S/C22H21F2N3O5/c1-10(14-5-2-11(23)6-16(14)24)25-21(30)15-8-26-9-17-27(12-3-4-13(7-12)32-17)22(31)18(26)20(29)19(15)28/h2,5-6,8,10,12-13,17,29H,3-4,7,9H2,1H3,(H,25,30)/t10-,12-,13+,17?/m1/s1. The first-order chi connectivity index (χ1) is 15.2. The molecule has 32 heavy (non-hydrogen) atoms. The second-order valence-electron chi connectivity index (χ2n) is 8.47. The quantitative estimate of drug-likeness (QED) is 0.753. The molecular formula is C22H21F2N3O5. The Hall–Kier alpha value is -3.27. The molecule has 2 aliphatic heterocycles. The average Bonchev–Trinajstić information content (AvgIpc) is 3.11. The number of pyridine rings is 1. The Labute approximate surface area is 181 Å². The normalized spacial score (nSPS) is 24.7. The van der Waals surface area contributed by atoms with Gasteiger partial charge >= 0.3 is 0 Å². The van der Waals surface area contributed by atoms with Gasteiger partial charge in [0.05, 0.1) is 18.7 Å². The SMILES string of the molecule is C[C@@H](NC(=O)c1cn2c(c(O)c1=O)C(=O)N1C(C2)O[C@H]2CC[C@@H]1C2)c1ccc(F)cc1F. The van der Waals surface area contributed by atoms with Gasteiger partial charge in [-0.3, -0.25) is 14.4 Å². The Morgan fingerprint density at radius 1 is 1.28 bits per heavy atom. The lowest BCUT2D eigenvalue weighted by atomic mass is 10.1. The summed E-state index contributed by atoms with van der Waals surface area (Å²) in [7, 11) is 0. The van der Waals surface area contributed by atoms with Crippen molar-refractivity contribution >= 4 is 11.8 Å². The molecule has 1 saturated carbocycles. The molecular weight excluding hydrogens is 424 g/mol. The molecule has 2 aromatic rings. The number of halogens is 2. The topological polar surface area (TPSA) is 101 Å². The summed E-state index contributed by atoms with van der Waals surface area (Å²) < 4.78 is 34.5. The number of nitrogens with one attached hydrogen (secondary N) is 1. The van der Waals surface area contributed by atoms with Crippen LogP contribution in [0, 0.1) is 11.6 Å². The highest BCUT2D eigenvalue weighted by atomic mass is 19.1. The number of carbonyl (C=O) groups excluding carboxylic acids is 2. The summed E-state index contributed by atoms with van der Waals surface area (Å²) in [4.78, 5) is 40.2. The number of amides is 2. The Balaban J connectivity index is 1.46. The predicted octanol–water partition coefficient (Wildman–Crippen LogP) is 2.06. The summed E-state index contributed by atoms with van der Waals surface area (Å²) >= 11 is 0. The molecule has 3 aliphatic rings. The van der Waals surface area contributed by atoms with Crippen LogP contribution in [0.4, 0.5) is 8.78 Å². The fourth-order valence-corrected chi connectivity index (χ4v) is 4.92. The fourth-order valence-electron chi connectivity index (χ4n) is 4.92. The molecule has 1 unspecified atom stereocenters. The fraction of sp³-hybridized carbons (Fsp3) is 0.409. The summed E-state index contributed by atoms with van der Waals surface area (Å²) in [5.74, 6) is -3.75. The molecule has 5 rings (SSSR count). The van der Waals surface area contributed by atoms with Crippen LogP contribution in [0.15, 0.2) is 29.2 Å². The number of carbonyl (C=O) groups is 2. The van der Waals surface area contributed by atoms with E-state index in [2.05, 4.69) is 5.32 Å². The molecule has 2 fully saturated rings. The number of aromatic hydroxyl groups is 1. The third-order valence-corrected chi connectivity index (χ3v) is 6.48. The first-order valence-electron chi connectivity index (χ1n) is 10.4. The molecule has 2 bridgehead atoms. The summed E-state index contributed by atoms with van der Waals surface area (Å²) in [6.07, 6.45) is 3.12. The molecule has 1 saturated heterocycles. The molecule has 1 aromatic carbocycles. The van der Waals surface area contributed by atoms with Crippen LogP contribution in [-0.4, -0.2) is 44.8 Å². The largest absolute Gasteiger partial charge is 0.503 e. The van der Waals surface area contributed by atoms with Crippen LogP contribution in [0.25, 0.3) is 0 Å². The number of nitrogens with zero attached hydrogens (tertiary/aromatic N) is 2. The van der Waals surface area contributed by atoms with E-state index in [1.165, 1.54) is 23.8 Å². The minimum atomic E-state index is -0.991. The monoisotopic (exact) mass is 445 g/mol. The van der Waals surface area contributed by atoms with Crippen molar-refractivity contribution in [3.63, 3.8) is 0 Å². The molecule has 4 atom stereocenters. The lowest BCUT2D eigenvalue weighted by molar-refractivity contribution is -0.132. The van der Waals surface area contributed by atoms with Gasteiger partial charge in [0.25, 0.3) is 11.8 Å². The maximum Gasteiger partial charge on any atom is 0.276 e. The van der Waals surface area contributed by atoms with Crippen molar-refractivity contribution in [3.8, 4) is 5.75 Å². The molecule has 0 radical (unpaired) electrons. The van der Waals surface area contributed by atoms with Crippen molar-refractivity contribution in [3.05, 3.63) is 63.1 Å². The first-order valence-corrected chi connectivity index (χ1v) is 10.4. The smallest absolute Gasteiger partial charge is 0.276 e. The Morgan fingerprint density at radius 3 is 2.81 bits per heavy atom. The van der Waals surface area contributed by atoms with Crippen molar-refractivity contribution in [2.24, 2.45) is 0 Å². The maximum atomic E-state index is 14.0. The summed E-state index contributed by atoms with van der Waals surface area (Å²) in [5.41, 5.74) is -1.51. The Bertz CT molecular complexity index is 1200. The van der Waals surface area contributed by atoms with E-state index in [4.69, 9.17) is 4.74 Å². The second kappa shape index (κ2) is 7.40. The van der Waals surface area contributed by atoms with Crippen LogP contribution in [0.2, 0.25) is 0 Å². The van der Waals surface area contributed by atoms with E-state index in [1.807, 2.05) is 0 Å². The van der Waals surface area contributed by atoms with Gasteiger partial charge in [-0.25, -0.2) is 8.78 Å². The van der Waals surface area contributed by atoms with Gasteiger partial charge in [-0.1, -0.05) is 6.07 Å².